The fraction of sp³-hybridized carbons (Fsp3) is 0.231. The van der Waals surface area contributed by atoms with E-state index in [1.165, 1.54) is 0 Å². The molecule has 13 heavy (non-hydrogen) atoms. The lowest BCUT2D eigenvalue weighted by molar-refractivity contribution is 1.04. The fourth-order valence-electron chi connectivity index (χ4n) is 1.02. The van der Waals surface area contributed by atoms with Crippen LogP contribution in [-0.4, -0.2) is 0 Å². The highest BCUT2D eigenvalue weighted by Gasteiger charge is 1.76. The minimum atomic E-state index is 0.914. The van der Waals surface area contributed by atoms with Crippen LogP contribution in [0.15, 0.2) is 54.7 Å². The second-order valence-electron chi connectivity index (χ2n) is 2.82. The van der Waals surface area contributed by atoms with Crippen LogP contribution in [0.3, 0.4) is 0 Å². The predicted molar refractivity (Wildman–Crippen MR) is 58.2 cm³/mol. The second kappa shape index (κ2) is 7.35. The van der Waals surface area contributed by atoms with Crippen LogP contribution in [0.1, 0.15) is 19.3 Å². The van der Waals surface area contributed by atoms with Gasteiger partial charge < -0.3 is 0 Å². The number of rotatable bonds is 0. The predicted octanol–water partition coefficient (Wildman–Crippen LogP) is 3.75. The first-order valence-electron chi connectivity index (χ1n) is 4.70. The molecule has 1 aliphatic carbocycles. The quantitative estimate of drug-likeness (QED) is 0.487. The van der Waals surface area contributed by atoms with Crippen molar-refractivity contribution in [1.82, 2.24) is 0 Å². The summed E-state index contributed by atoms with van der Waals surface area (Å²) in [5, 5.41) is 0. The van der Waals surface area contributed by atoms with Crippen molar-refractivity contribution in [3.8, 4) is 0 Å². The van der Waals surface area contributed by atoms with Crippen LogP contribution in [0, 0.1) is 6.08 Å². The summed E-state index contributed by atoms with van der Waals surface area (Å²) in [5.41, 5.74) is 0. The van der Waals surface area contributed by atoms with E-state index in [1.54, 1.807) is 0 Å². The van der Waals surface area contributed by atoms with Crippen molar-refractivity contribution in [3.63, 3.8) is 0 Å². The van der Waals surface area contributed by atoms with Gasteiger partial charge in [0.05, 0.1) is 0 Å². The molecule has 0 unspecified atom stereocenters. The zero-order valence-corrected chi connectivity index (χ0v) is 7.82. The molecule has 1 rings (SSSR count). The van der Waals surface area contributed by atoms with E-state index in [4.69, 9.17) is 0 Å². The van der Waals surface area contributed by atoms with E-state index in [2.05, 4.69) is 30.4 Å². The maximum Gasteiger partial charge on any atom is -0.00946 e. The topological polar surface area (TPSA) is 0 Å². The van der Waals surface area contributed by atoms with Gasteiger partial charge in [-0.15, -0.1) is 0 Å². The minimum absolute atomic E-state index is 0.914. The molecule has 0 fully saturated rings. The van der Waals surface area contributed by atoms with Gasteiger partial charge in [-0.3, -0.25) is 0 Å². The van der Waals surface area contributed by atoms with Crippen molar-refractivity contribution in [1.29, 1.82) is 0 Å². The average molecular weight is 171 g/mol. The molecule has 0 spiro atoms. The first-order chi connectivity index (χ1) is 6.50. The normalized spacial score (nSPS) is 30.2. The van der Waals surface area contributed by atoms with E-state index in [-0.39, 0.29) is 0 Å². The van der Waals surface area contributed by atoms with Crippen LogP contribution in [0.2, 0.25) is 0 Å². The van der Waals surface area contributed by atoms with Crippen molar-refractivity contribution in [3.05, 3.63) is 60.8 Å². The highest BCUT2D eigenvalue weighted by Crippen LogP contribution is 1.96. The van der Waals surface area contributed by atoms with Gasteiger partial charge >= 0.3 is 0 Å². The molecular weight excluding hydrogens is 156 g/mol. The molecule has 0 aromatic heterocycles. The van der Waals surface area contributed by atoms with Gasteiger partial charge in [0.1, 0.15) is 0 Å². The van der Waals surface area contributed by atoms with Crippen LogP contribution >= 0.6 is 0 Å². The van der Waals surface area contributed by atoms with Crippen molar-refractivity contribution in [2.24, 2.45) is 0 Å². The number of hydrogen-bond donors (Lipinski definition) is 0. The van der Waals surface area contributed by atoms with E-state index in [0.717, 1.165) is 19.3 Å². The summed E-state index contributed by atoms with van der Waals surface area (Å²) in [6, 6.07) is 0. The standard InChI is InChI=1S/C13H15/c1-2-4-6-8-10-12-13-11-9-7-5-3-1/h1-7,12-13H,8,10-11H2/b2-1+,5-3-,6-4+,9-7?,13-12+. The molecule has 0 nitrogen and oxygen atoms in total. The largest absolute Gasteiger partial charge is 0.0879 e. The Labute approximate surface area is 80.7 Å². The van der Waals surface area contributed by atoms with Gasteiger partial charge in [-0.1, -0.05) is 54.7 Å². The molecule has 0 aliphatic heterocycles. The van der Waals surface area contributed by atoms with Crippen LogP contribution in [0.4, 0.5) is 0 Å². The molecule has 0 heteroatoms. The molecule has 0 aromatic rings. The first kappa shape index (κ1) is 9.79. The summed E-state index contributed by atoms with van der Waals surface area (Å²) < 4.78 is 0. The van der Waals surface area contributed by atoms with Crippen molar-refractivity contribution in [2.45, 2.75) is 19.3 Å². The van der Waals surface area contributed by atoms with Gasteiger partial charge in [0.25, 0.3) is 0 Å². The summed E-state index contributed by atoms with van der Waals surface area (Å²) in [4.78, 5) is 0. The van der Waals surface area contributed by atoms with Gasteiger partial charge in [-0.2, -0.15) is 0 Å². The van der Waals surface area contributed by atoms with Gasteiger partial charge in [-0.05, 0) is 25.3 Å². The van der Waals surface area contributed by atoms with E-state index in [1.807, 2.05) is 30.4 Å². The summed E-state index contributed by atoms with van der Waals surface area (Å²) in [7, 11) is 0. The maximum atomic E-state index is 3.17. The molecule has 0 N–H and O–H groups in total. The molecule has 0 atom stereocenters. The van der Waals surface area contributed by atoms with Crippen LogP contribution in [0.25, 0.3) is 0 Å². The van der Waals surface area contributed by atoms with E-state index >= 15 is 0 Å². The Bertz CT molecular complexity index is 249. The van der Waals surface area contributed by atoms with Gasteiger partial charge in [0.15, 0.2) is 0 Å². The molecular formula is C13H15. The Balaban J connectivity index is 2.50. The van der Waals surface area contributed by atoms with Crippen molar-refractivity contribution < 1.29 is 0 Å². The summed E-state index contributed by atoms with van der Waals surface area (Å²) in [6.07, 6.45) is 25.0. The van der Waals surface area contributed by atoms with Gasteiger partial charge in [0.2, 0.25) is 0 Å². The molecule has 67 valence electrons. The van der Waals surface area contributed by atoms with E-state index in [0.29, 0.717) is 0 Å². The molecule has 0 aromatic carbocycles. The molecule has 1 radical (unpaired) electrons. The summed E-state index contributed by atoms with van der Waals surface area (Å²) >= 11 is 0. The lowest BCUT2D eigenvalue weighted by atomic mass is 10.2. The highest BCUT2D eigenvalue weighted by molar-refractivity contribution is 5.15. The van der Waals surface area contributed by atoms with Gasteiger partial charge in [0, 0.05) is 0 Å². The van der Waals surface area contributed by atoms with Crippen LogP contribution in [-0.2, 0) is 0 Å². The third kappa shape index (κ3) is 5.92. The zero-order valence-electron chi connectivity index (χ0n) is 7.82. The maximum absolute atomic E-state index is 3.17. The molecule has 0 bridgehead atoms. The Morgan fingerprint density at radius 1 is 0.692 bits per heavy atom. The SMILES string of the molecule is [C]1=C/C=C\C=C\C=C\CC/C=C/C/1. The lowest BCUT2D eigenvalue weighted by Crippen LogP contribution is -1.64. The smallest absolute Gasteiger partial charge is 0.00946 e. The third-order valence-corrected chi connectivity index (χ3v) is 1.70. The van der Waals surface area contributed by atoms with Gasteiger partial charge in [-0.25, -0.2) is 0 Å². The van der Waals surface area contributed by atoms with Crippen LogP contribution in [0.5, 0.6) is 0 Å². The number of hydrogen-bond acceptors (Lipinski definition) is 0. The monoisotopic (exact) mass is 171 g/mol. The zero-order chi connectivity index (χ0) is 9.19. The molecule has 0 saturated carbocycles. The third-order valence-electron chi connectivity index (χ3n) is 1.70. The fourth-order valence-corrected chi connectivity index (χ4v) is 1.02. The lowest BCUT2D eigenvalue weighted by Gasteiger charge is -1.84. The Morgan fingerprint density at radius 2 is 1.46 bits per heavy atom. The van der Waals surface area contributed by atoms with Crippen LogP contribution < -0.4 is 0 Å². The Hall–Kier alpha value is -1.30. The first-order valence-corrected chi connectivity index (χ1v) is 4.70. The van der Waals surface area contributed by atoms with E-state index in [9.17, 15) is 0 Å². The highest BCUT2D eigenvalue weighted by atomic mass is 13.8. The number of allylic oxidation sites excluding steroid dienone is 10. The summed E-state index contributed by atoms with van der Waals surface area (Å²) in [5.74, 6) is 0. The molecule has 0 heterocycles. The second-order valence-corrected chi connectivity index (χ2v) is 2.82. The van der Waals surface area contributed by atoms with Crippen molar-refractivity contribution in [2.75, 3.05) is 0 Å². The molecule has 0 saturated heterocycles. The Morgan fingerprint density at radius 3 is 2.46 bits per heavy atom. The van der Waals surface area contributed by atoms with E-state index < -0.39 is 0 Å². The summed E-state index contributed by atoms with van der Waals surface area (Å²) in [6.45, 7) is 0. The average Bonchev–Trinajstić information content (AvgIpc) is 2.18. The Kier molecular flexibility index (Phi) is 5.54. The van der Waals surface area contributed by atoms with Crippen molar-refractivity contribution >= 4 is 0 Å². The molecule has 1 aliphatic rings. The minimum Gasteiger partial charge on any atom is -0.0879 e. The molecule has 0 amide bonds.